The van der Waals surface area contributed by atoms with E-state index < -0.39 is 0 Å². The zero-order valence-corrected chi connectivity index (χ0v) is 13.1. The highest BCUT2D eigenvalue weighted by Gasteiger charge is 2.12. The lowest BCUT2D eigenvalue weighted by molar-refractivity contribution is -0.116. The molecule has 1 heterocycles. The Labute approximate surface area is 127 Å². The van der Waals surface area contributed by atoms with Crippen molar-refractivity contribution < 1.29 is 9.18 Å². The van der Waals surface area contributed by atoms with Gasteiger partial charge < -0.3 is 9.88 Å². The van der Waals surface area contributed by atoms with Crippen molar-refractivity contribution in [2.45, 2.75) is 30.3 Å². The molecule has 1 aromatic carbocycles. The molecule has 1 aromatic heterocycles. The molecule has 1 N–H and O–H groups in total. The Kier molecular flexibility index (Phi) is 5.01. The third-order valence-corrected chi connectivity index (χ3v) is 3.94. The fourth-order valence-corrected chi connectivity index (χ4v) is 2.68. The zero-order chi connectivity index (χ0) is 15.4. The van der Waals surface area contributed by atoms with Gasteiger partial charge in [0.25, 0.3) is 0 Å². The van der Waals surface area contributed by atoms with E-state index in [1.807, 2.05) is 31.7 Å². The lowest BCUT2D eigenvalue weighted by Crippen LogP contribution is -2.14. The van der Waals surface area contributed by atoms with Crippen LogP contribution in [0.5, 0.6) is 0 Å². The predicted molar refractivity (Wildman–Crippen MR) is 81.8 cm³/mol. The normalized spacial score (nSPS) is 10.9. The maximum atomic E-state index is 13.4. The summed E-state index contributed by atoms with van der Waals surface area (Å²) in [7, 11) is 1.88. The molecule has 0 aliphatic rings. The van der Waals surface area contributed by atoms with Crippen LogP contribution < -0.4 is 5.32 Å². The number of aromatic nitrogens is 2. The van der Waals surface area contributed by atoms with Gasteiger partial charge in [-0.2, -0.15) is 0 Å². The maximum absolute atomic E-state index is 13.4. The second-order valence-corrected chi connectivity index (χ2v) is 6.22. The van der Waals surface area contributed by atoms with Crippen LogP contribution in [0.1, 0.15) is 20.3 Å². The van der Waals surface area contributed by atoms with Crippen molar-refractivity contribution in [2.75, 3.05) is 5.32 Å². The first-order valence-corrected chi connectivity index (χ1v) is 7.52. The average Bonchev–Trinajstić information content (AvgIpc) is 2.77. The number of carbonyl (C=O) groups is 1. The molecule has 4 nitrogen and oxygen atoms in total. The molecule has 0 atom stereocenters. The smallest absolute Gasteiger partial charge is 0.224 e. The molecule has 1 amide bonds. The van der Waals surface area contributed by atoms with E-state index in [9.17, 15) is 9.18 Å². The van der Waals surface area contributed by atoms with Gasteiger partial charge in [0.2, 0.25) is 5.91 Å². The van der Waals surface area contributed by atoms with Gasteiger partial charge in [-0.25, -0.2) is 9.37 Å². The van der Waals surface area contributed by atoms with Crippen molar-refractivity contribution in [3.63, 3.8) is 0 Å². The van der Waals surface area contributed by atoms with Gasteiger partial charge >= 0.3 is 0 Å². The Morgan fingerprint density at radius 2 is 2.24 bits per heavy atom. The summed E-state index contributed by atoms with van der Waals surface area (Å²) in [5.74, 6) is -0.236. The van der Waals surface area contributed by atoms with E-state index in [0.29, 0.717) is 12.1 Å². The Hall–Kier alpha value is -1.82. The van der Waals surface area contributed by atoms with Gasteiger partial charge in [-0.05, 0) is 35.9 Å². The second-order valence-electron chi connectivity index (χ2n) is 5.21. The minimum atomic E-state index is -0.376. The van der Waals surface area contributed by atoms with Crippen LogP contribution >= 0.6 is 11.8 Å². The summed E-state index contributed by atoms with van der Waals surface area (Å²) in [4.78, 5) is 16.9. The number of hydrogen-bond donors (Lipinski definition) is 1. The third kappa shape index (κ3) is 4.32. The van der Waals surface area contributed by atoms with Crippen LogP contribution in [0.4, 0.5) is 10.1 Å². The number of anilines is 1. The highest BCUT2D eigenvalue weighted by Crippen LogP contribution is 2.33. The van der Waals surface area contributed by atoms with Crippen LogP contribution in [0, 0.1) is 11.7 Å². The van der Waals surface area contributed by atoms with E-state index in [0.717, 1.165) is 10.1 Å². The summed E-state index contributed by atoms with van der Waals surface area (Å²) >= 11 is 1.39. The molecule has 2 aromatic rings. The zero-order valence-electron chi connectivity index (χ0n) is 12.3. The molecule has 112 valence electrons. The van der Waals surface area contributed by atoms with Gasteiger partial charge in [0.05, 0.1) is 5.69 Å². The van der Waals surface area contributed by atoms with Crippen molar-refractivity contribution in [3.05, 3.63) is 36.4 Å². The Bertz CT molecular complexity index is 640. The SMILES string of the molecule is CC(C)CC(=O)Nc1cc(F)ccc1Sc1nccn1C. The summed E-state index contributed by atoms with van der Waals surface area (Å²) in [5, 5.41) is 3.56. The molecule has 0 aliphatic heterocycles. The Balaban J connectivity index is 2.21. The van der Waals surface area contributed by atoms with E-state index in [-0.39, 0.29) is 17.6 Å². The molecule has 0 unspecified atom stereocenters. The van der Waals surface area contributed by atoms with Crippen molar-refractivity contribution in [1.29, 1.82) is 0 Å². The van der Waals surface area contributed by atoms with Gasteiger partial charge in [0.1, 0.15) is 5.82 Å². The van der Waals surface area contributed by atoms with Gasteiger partial charge in [0, 0.05) is 30.8 Å². The molecule has 0 aliphatic carbocycles. The largest absolute Gasteiger partial charge is 0.329 e. The monoisotopic (exact) mass is 307 g/mol. The Morgan fingerprint density at radius 1 is 1.48 bits per heavy atom. The first kappa shape index (κ1) is 15.6. The van der Waals surface area contributed by atoms with Gasteiger partial charge in [-0.15, -0.1) is 0 Å². The summed E-state index contributed by atoms with van der Waals surface area (Å²) < 4.78 is 15.3. The van der Waals surface area contributed by atoms with E-state index >= 15 is 0 Å². The number of aryl methyl sites for hydroxylation is 1. The fraction of sp³-hybridized carbons (Fsp3) is 0.333. The number of hydrogen-bond acceptors (Lipinski definition) is 3. The Morgan fingerprint density at radius 3 is 2.86 bits per heavy atom. The maximum Gasteiger partial charge on any atom is 0.224 e. The lowest BCUT2D eigenvalue weighted by atomic mass is 10.1. The first-order chi connectivity index (χ1) is 9.95. The molecule has 0 spiro atoms. The topological polar surface area (TPSA) is 46.9 Å². The molecule has 0 saturated carbocycles. The number of benzene rings is 1. The first-order valence-electron chi connectivity index (χ1n) is 6.70. The minimum Gasteiger partial charge on any atom is -0.329 e. The number of rotatable bonds is 5. The van der Waals surface area contributed by atoms with Crippen LogP contribution in [0.25, 0.3) is 0 Å². The minimum absolute atomic E-state index is 0.114. The summed E-state index contributed by atoms with van der Waals surface area (Å²) in [6.07, 6.45) is 3.94. The van der Waals surface area contributed by atoms with Crippen LogP contribution in [0.2, 0.25) is 0 Å². The van der Waals surface area contributed by atoms with Gasteiger partial charge in [0.15, 0.2) is 5.16 Å². The molecular weight excluding hydrogens is 289 g/mol. The van der Waals surface area contributed by atoms with E-state index in [1.165, 1.54) is 23.9 Å². The fourth-order valence-electron chi connectivity index (χ4n) is 1.81. The average molecular weight is 307 g/mol. The summed E-state index contributed by atoms with van der Waals surface area (Å²) in [5.41, 5.74) is 0.480. The van der Waals surface area contributed by atoms with Crippen LogP contribution in [-0.4, -0.2) is 15.5 Å². The van der Waals surface area contributed by atoms with Crippen LogP contribution in [-0.2, 0) is 11.8 Å². The molecule has 0 saturated heterocycles. The number of nitrogens with one attached hydrogen (secondary N) is 1. The van der Waals surface area contributed by atoms with E-state index in [4.69, 9.17) is 0 Å². The molecule has 0 radical (unpaired) electrons. The lowest BCUT2D eigenvalue weighted by Gasteiger charge is -2.12. The number of imidazole rings is 1. The molecule has 6 heteroatoms. The number of nitrogens with zero attached hydrogens (tertiary/aromatic N) is 2. The van der Waals surface area contributed by atoms with Crippen molar-refractivity contribution in [2.24, 2.45) is 13.0 Å². The summed E-state index contributed by atoms with van der Waals surface area (Å²) in [6, 6.07) is 4.37. The second kappa shape index (κ2) is 6.76. The highest BCUT2D eigenvalue weighted by atomic mass is 32.2. The number of carbonyl (C=O) groups excluding carboxylic acids is 1. The van der Waals surface area contributed by atoms with Crippen molar-refractivity contribution in [1.82, 2.24) is 9.55 Å². The molecular formula is C15H18FN3OS. The van der Waals surface area contributed by atoms with Crippen LogP contribution in [0.15, 0.2) is 40.6 Å². The van der Waals surface area contributed by atoms with Crippen molar-refractivity contribution >= 4 is 23.4 Å². The molecule has 0 bridgehead atoms. The number of amides is 1. The van der Waals surface area contributed by atoms with E-state index in [1.54, 1.807) is 12.3 Å². The third-order valence-electron chi connectivity index (χ3n) is 2.79. The molecule has 21 heavy (non-hydrogen) atoms. The highest BCUT2D eigenvalue weighted by molar-refractivity contribution is 7.99. The predicted octanol–water partition coefficient (Wildman–Crippen LogP) is 3.70. The molecule has 0 fully saturated rings. The number of halogens is 1. The van der Waals surface area contributed by atoms with Gasteiger partial charge in [-0.1, -0.05) is 13.8 Å². The van der Waals surface area contributed by atoms with Gasteiger partial charge in [-0.3, -0.25) is 4.79 Å². The summed E-state index contributed by atoms with van der Waals surface area (Å²) in [6.45, 7) is 3.93. The quantitative estimate of drug-likeness (QED) is 0.916. The van der Waals surface area contributed by atoms with Crippen LogP contribution in [0.3, 0.4) is 0 Å². The van der Waals surface area contributed by atoms with E-state index in [2.05, 4.69) is 10.3 Å². The van der Waals surface area contributed by atoms with Crippen molar-refractivity contribution in [3.8, 4) is 0 Å². The molecule has 2 rings (SSSR count). The standard InChI is InChI=1S/C15H18FN3OS/c1-10(2)8-14(20)18-12-9-11(16)4-5-13(12)21-15-17-6-7-19(15)3/h4-7,9-10H,8H2,1-3H3,(H,18,20).